The first-order valence-electron chi connectivity index (χ1n) is 11.5. The predicted octanol–water partition coefficient (Wildman–Crippen LogP) is 4.18. The quantitative estimate of drug-likeness (QED) is 0.490. The van der Waals surface area contributed by atoms with Crippen LogP contribution in [0.2, 0.25) is 0 Å². The van der Waals surface area contributed by atoms with Crippen molar-refractivity contribution in [1.82, 2.24) is 16.0 Å². The van der Waals surface area contributed by atoms with E-state index in [2.05, 4.69) is 55.4 Å². The highest BCUT2D eigenvalue weighted by molar-refractivity contribution is 5.94. The molecule has 0 aliphatic carbocycles. The summed E-state index contributed by atoms with van der Waals surface area (Å²) in [5.41, 5.74) is 4.12. The first kappa shape index (κ1) is 24.0. The first-order chi connectivity index (χ1) is 15.3. The van der Waals surface area contributed by atoms with Crippen LogP contribution < -0.4 is 20.7 Å². The summed E-state index contributed by atoms with van der Waals surface area (Å²) in [5, 5.41) is 10.0. The van der Waals surface area contributed by atoms with E-state index in [9.17, 15) is 4.79 Å². The van der Waals surface area contributed by atoms with Crippen molar-refractivity contribution in [3.8, 4) is 5.75 Å². The number of carbonyl (C=O) groups is 1. The maximum atomic E-state index is 12.7. The summed E-state index contributed by atoms with van der Waals surface area (Å²) in [7, 11) is 0. The smallest absolute Gasteiger partial charge is 0.251 e. The van der Waals surface area contributed by atoms with Gasteiger partial charge in [-0.2, -0.15) is 0 Å². The Kier molecular flexibility index (Phi) is 8.48. The van der Waals surface area contributed by atoms with E-state index in [0.29, 0.717) is 24.6 Å². The fourth-order valence-corrected chi connectivity index (χ4v) is 3.89. The fourth-order valence-electron chi connectivity index (χ4n) is 3.89. The molecular weight excluding hydrogens is 398 g/mol. The van der Waals surface area contributed by atoms with E-state index in [1.807, 2.05) is 30.3 Å². The highest BCUT2D eigenvalue weighted by Crippen LogP contribution is 2.22. The van der Waals surface area contributed by atoms with Gasteiger partial charge >= 0.3 is 0 Å². The van der Waals surface area contributed by atoms with Crippen LogP contribution in [0.15, 0.2) is 55.1 Å². The van der Waals surface area contributed by atoms with Gasteiger partial charge in [0, 0.05) is 18.7 Å². The molecule has 1 unspecified atom stereocenters. The Labute approximate surface area is 192 Å². The third kappa shape index (κ3) is 7.21. The molecule has 1 atom stereocenters. The summed E-state index contributed by atoms with van der Waals surface area (Å²) >= 11 is 0. The van der Waals surface area contributed by atoms with Gasteiger partial charge in [0.2, 0.25) is 0 Å². The Morgan fingerprint density at radius 3 is 2.50 bits per heavy atom. The van der Waals surface area contributed by atoms with Crippen LogP contribution in [-0.2, 0) is 18.5 Å². The van der Waals surface area contributed by atoms with Crippen molar-refractivity contribution in [2.24, 2.45) is 5.92 Å². The minimum atomic E-state index is -0.0729. The van der Waals surface area contributed by atoms with Crippen LogP contribution in [0, 0.1) is 5.92 Å². The molecule has 2 aromatic carbocycles. The van der Waals surface area contributed by atoms with Crippen LogP contribution >= 0.6 is 0 Å². The van der Waals surface area contributed by atoms with Crippen molar-refractivity contribution in [3.63, 3.8) is 0 Å². The number of rotatable bonds is 10. The van der Waals surface area contributed by atoms with E-state index >= 15 is 0 Å². The van der Waals surface area contributed by atoms with Crippen LogP contribution in [0.4, 0.5) is 0 Å². The van der Waals surface area contributed by atoms with Gasteiger partial charge in [0.15, 0.2) is 0 Å². The molecule has 5 nitrogen and oxygen atoms in total. The molecule has 1 amide bonds. The second-order valence-corrected chi connectivity index (χ2v) is 9.58. The number of amides is 1. The van der Waals surface area contributed by atoms with Gasteiger partial charge in [0.25, 0.3) is 5.91 Å². The van der Waals surface area contributed by atoms with E-state index in [-0.39, 0.29) is 11.3 Å². The van der Waals surface area contributed by atoms with Gasteiger partial charge in [-0.1, -0.05) is 51.6 Å². The lowest BCUT2D eigenvalue weighted by atomic mass is 9.87. The van der Waals surface area contributed by atoms with E-state index in [0.717, 1.165) is 43.1 Å². The van der Waals surface area contributed by atoms with Crippen LogP contribution in [0.1, 0.15) is 54.2 Å². The zero-order valence-electron chi connectivity index (χ0n) is 19.7. The van der Waals surface area contributed by atoms with E-state index < -0.39 is 0 Å². The van der Waals surface area contributed by atoms with Gasteiger partial charge in [0.05, 0.1) is 0 Å². The molecule has 0 spiro atoms. The molecule has 1 heterocycles. The van der Waals surface area contributed by atoms with Crippen molar-refractivity contribution in [2.45, 2.75) is 45.7 Å². The van der Waals surface area contributed by atoms with Crippen molar-refractivity contribution in [2.75, 3.05) is 26.2 Å². The van der Waals surface area contributed by atoms with Gasteiger partial charge in [-0.3, -0.25) is 4.79 Å². The minimum absolute atomic E-state index is 0.0690. The molecule has 1 aliphatic rings. The molecular formula is C27H37N3O2. The molecule has 1 fully saturated rings. The molecule has 3 N–H and O–H groups in total. The largest absolute Gasteiger partial charge is 0.490 e. The van der Waals surface area contributed by atoms with Crippen molar-refractivity contribution in [3.05, 3.63) is 77.4 Å². The highest BCUT2D eigenvalue weighted by atomic mass is 16.5. The van der Waals surface area contributed by atoms with Gasteiger partial charge in [0.1, 0.15) is 12.4 Å². The Balaban J connectivity index is 1.61. The van der Waals surface area contributed by atoms with Gasteiger partial charge in [-0.05, 0) is 78.3 Å². The Morgan fingerprint density at radius 2 is 1.88 bits per heavy atom. The zero-order valence-corrected chi connectivity index (χ0v) is 19.7. The molecule has 3 rings (SSSR count). The maximum absolute atomic E-state index is 12.7. The standard InChI is InChI=1S/C27H37N3O2/c1-5-12-32-25-14-21(18-29-17-20-10-11-28-16-20)13-22(15-25)19-30-26(31)23-6-8-24(9-7-23)27(2,3)4/h5-9,13-15,20,28-29H,1,10-12,16-19H2,2-4H3,(H,30,31). The molecule has 1 aliphatic heterocycles. The molecule has 0 saturated carbocycles. The lowest BCUT2D eigenvalue weighted by Gasteiger charge is -2.19. The third-order valence-corrected chi connectivity index (χ3v) is 5.78. The van der Waals surface area contributed by atoms with Crippen molar-refractivity contribution < 1.29 is 9.53 Å². The normalized spacial score (nSPS) is 16.0. The van der Waals surface area contributed by atoms with Crippen LogP contribution in [0.3, 0.4) is 0 Å². The van der Waals surface area contributed by atoms with Gasteiger partial charge in [-0.15, -0.1) is 0 Å². The van der Waals surface area contributed by atoms with Crippen molar-refractivity contribution >= 4 is 5.91 Å². The summed E-state index contributed by atoms with van der Waals surface area (Å²) < 4.78 is 5.78. The second kappa shape index (κ2) is 11.3. The summed E-state index contributed by atoms with van der Waals surface area (Å²) in [6, 6.07) is 14.0. The zero-order chi connectivity index (χ0) is 23.0. The number of carbonyl (C=O) groups excluding carboxylic acids is 1. The number of nitrogens with one attached hydrogen (secondary N) is 3. The number of hydrogen-bond acceptors (Lipinski definition) is 4. The van der Waals surface area contributed by atoms with E-state index in [1.54, 1.807) is 6.08 Å². The fraction of sp³-hybridized carbons (Fsp3) is 0.444. The Morgan fingerprint density at radius 1 is 1.16 bits per heavy atom. The number of benzene rings is 2. The Bertz CT molecular complexity index is 894. The van der Waals surface area contributed by atoms with Crippen molar-refractivity contribution in [1.29, 1.82) is 0 Å². The number of hydrogen-bond donors (Lipinski definition) is 3. The topological polar surface area (TPSA) is 62.4 Å². The number of ether oxygens (including phenoxy) is 1. The van der Waals surface area contributed by atoms with Crippen LogP contribution in [0.5, 0.6) is 5.75 Å². The monoisotopic (exact) mass is 435 g/mol. The molecule has 2 aromatic rings. The second-order valence-electron chi connectivity index (χ2n) is 9.58. The average Bonchev–Trinajstić information content (AvgIpc) is 3.29. The molecule has 0 radical (unpaired) electrons. The first-order valence-corrected chi connectivity index (χ1v) is 11.5. The third-order valence-electron chi connectivity index (χ3n) is 5.78. The highest BCUT2D eigenvalue weighted by Gasteiger charge is 2.15. The van der Waals surface area contributed by atoms with E-state index in [1.165, 1.54) is 12.0 Å². The molecule has 0 bridgehead atoms. The Hall–Kier alpha value is -2.63. The van der Waals surface area contributed by atoms with Gasteiger partial charge in [-0.25, -0.2) is 0 Å². The summed E-state index contributed by atoms with van der Waals surface area (Å²) in [6.45, 7) is 15.1. The molecule has 1 saturated heterocycles. The molecule has 32 heavy (non-hydrogen) atoms. The lowest BCUT2D eigenvalue weighted by Crippen LogP contribution is -2.25. The molecule has 172 valence electrons. The summed E-state index contributed by atoms with van der Waals surface area (Å²) in [4.78, 5) is 12.7. The molecule has 5 heteroatoms. The van der Waals surface area contributed by atoms with Crippen LogP contribution in [0.25, 0.3) is 0 Å². The van der Waals surface area contributed by atoms with Crippen LogP contribution in [-0.4, -0.2) is 32.1 Å². The lowest BCUT2D eigenvalue weighted by molar-refractivity contribution is 0.0950. The summed E-state index contributed by atoms with van der Waals surface area (Å²) in [5.74, 6) is 1.42. The predicted molar refractivity (Wildman–Crippen MR) is 131 cm³/mol. The van der Waals surface area contributed by atoms with E-state index in [4.69, 9.17) is 4.74 Å². The SMILES string of the molecule is C=CCOc1cc(CNCC2CCNC2)cc(CNC(=O)c2ccc(C(C)(C)C)cc2)c1. The maximum Gasteiger partial charge on any atom is 0.251 e. The molecule has 0 aromatic heterocycles. The average molecular weight is 436 g/mol. The summed E-state index contributed by atoms with van der Waals surface area (Å²) in [6.07, 6.45) is 2.96. The van der Waals surface area contributed by atoms with Gasteiger partial charge < -0.3 is 20.7 Å². The minimum Gasteiger partial charge on any atom is -0.490 e.